The van der Waals surface area contributed by atoms with Gasteiger partial charge in [0.15, 0.2) is 0 Å². The molecule has 0 saturated carbocycles. The molecule has 136 valence electrons. The van der Waals surface area contributed by atoms with E-state index in [1.165, 1.54) is 7.11 Å². The number of amides is 1. The summed E-state index contributed by atoms with van der Waals surface area (Å²) in [5, 5.41) is 2.51. The Labute approximate surface area is 137 Å². The van der Waals surface area contributed by atoms with Crippen LogP contribution in [0.3, 0.4) is 0 Å². The number of unbranched alkanes of at least 4 members (excludes halogenated alkanes) is 1. The third kappa shape index (κ3) is 17.0. The fraction of sp³-hybridized carbons (Fsp3) is 0.867. The van der Waals surface area contributed by atoms with Crippen LogP contribution in [0.25, 0.3) is 0 Å². The van der Waals surface area contributed by atoms with E-state index in [0.717, 1.165) is 19.4 Å². The maximum absolute atomic E-state index is 11.4. The SMILES string of the molecule is CCCCOCCOCCOCC(=O)NCOCCC(=O)OC. The summed E-state index contributed by atoms with van der Waals surface area (Å²) >= 11 is 0. The molecule has 1 N–H and O–H groups in total. The molecule has 0 spiro atoms. The topological polar surface area (TPSA) is 92.3 Å². The molecule has 0 unspecified atom stereocenters. The Hall–Kier alpha value is -1.22. The van der Waals surface area contributed by atoms with Crippen molar-refractivity contribution in [3.05, 3.63) is 0 Å². The summed E-state index contributed by atoms with van der Waals surface area (Å²) in [6, 6.07) is 0. The molecular formula is C15H29NO7. The van der Waals surface area contributed by atoms with Gasteiger partial charge in [-0.3, -0.25) is 9.59 Å². The lowest BCUT2D eigenvalue weighted by atomic mass is 10.4. The number of ether oxygens (including phenoxy) is 5. The molecule has 0 heterocycles. The van der Waals surface area contributed by atoms with Crippen LogP contribution in [0.5, 0.6) is 0 Å². The molecule has 1 amide bonds. The number of hydrogen-bond acceptors (Lipinski definition) is 7. The smallest absolute Gasteiger partial charge is 0.307 e. The molecule has 0 aliphatic rings. The Kier molecular flexibility index (Phi) is 16.2. The van der Waals surface area contributed by atoms with Crippen molar-refractivity contribution in [3.8, 4) is 0 Å². The van der Waals surface area contributed by atoms with Gasteiger partial charge in [-0.15, -0.1) is 0 Å². The highest BCUT2D eigenvalue weighted by atomic mass is 16.5. The number of esters is 1. The molecule has 0 aliphatic carbocycles. The van der Waals surface area contributed by atoms with Crippen molar-refractivity contribution in [2.24, 2.45) is 0 Å². The molecule has 0 saturated heterocycles. The van der Waals surface area contributed by atoms with E-state index >= 15 is 0 Å². The molecule has 8 heteroatoms. The van der Waals surface area contributed by atoms with Gasteiger partial charge in [0, 0.05) is 6.61 Å². The van der Waals surface area contributed by atoms with Crippen molar-refractivity contribution in [1.82, 2.24) is 5.32 Å². The Morgan fingerprint density at radius 1 is 0.870 bits per heavy atom. The summed E-state index contributed by atoms with van der Waals surface area (Å²) in [4.78, 5) is 22.2. The van der Waals surface area contributed by atoms with E-state index < -0.39 is 0 Å². The van der Waals surface area contributed by atoms with Crippen LogP contribution in [0.1, 0.15) is 26.2 Å². The minimum Gasteiger partial charge on any atom is -0.469 e. The molecule has 0 bridgehead atoms. The summed E-state index contributed by atoms with van der Waals surface area (Å²) in [5.41, 5.74) is 0. The Morgan fingerprint density at radius 3 is 2.17 bits per heavy atom. The Balaban J connectivity index is 3.20. The molecule has 0 aromatic heterocycles. The Bertz CT molecular complexity index is 300. The number of rotatable bonds is 16. The van der Waals surface area contributed by atoms with Crippen LogP contribution < -0.4 is 5.32 Å². The fourth-order valence-electron chi connectivity index (χ4n) is 1.36. The standard InChI is InChI=1S/C15H29NO7/c1-3-4-6-20-8-9-21-10-11-22-12-14(17)16-13-23-7-5-15(18)19-2/h3-13H2,1-2H3,(H,16,17). The van der Waals surface area contributed by atoms with Crippen LogP contribution in [-0.4, -0.2) is 72.0 Å². The van der Waals surface area contributed by atoms with Crippen LogP contribution in [0.4, 0.5) is 0 Å². The molecule has 0 aromatic rings. The molecule has 0 atom stereocenters. The predicted molar refractivity (Wildman–Crippen MR) is 83.0 cm³/mol. The van der Waals surface area contributed by atoms with Crippen molar-refractivity contribution in [3.63, 3.8) is 0 Å². The zero-order valence-corrected chi connectivity index (χ0v) is 14.1. The predicted octanol–water partition coefficient (Wildman–Crippen LogP) is 0.490. The number of nitrogens with one attached hydrogen (secondary N) is 1. The summed E-state index contributed by atoms with van der Waals surface area (Å²) < 4.78 is 25.3. The van der Waals surface area contributed by atoms with Crippen molar-refractivity contribution in [2.45, 2.75) is 26.2 Å². The lowest BCUT2D eigenvalue weighted by Crippen LogP contribution is -2.30. The highest BCUT2D eigenvalue weighted by Crippen LogP contribution is 1.88. The van der Waals surface area contributed by atoms with Gasteiger partial charge in [0.25, 0.3) is 0 Å². The second kappa shape index (κ2) is 17.1. The molecule has 0 aliphatic heterocycles. The van der Waals surface area contributed by atoms with Gasteiger partial charge in [-0.1, -0.05) is 13.3 Å². The molecule has 23 heavy (non-hydrogen) atoms. The van der Waals surface area contributed by atoms with Crippen LogP contribution in [0, 0.1) is 0 Å². The summed E-state index contributed by atoms with van der Waals surface area (Å²) in [6.07, 6.45) is 2.33. The van der Waals surface area contributed by atoms with Gasteiger partial charge >= 0.3 is 5.97 Å². The quantitative estimate of drug-likeness (QED) is 0.249. The number of methoxy groups -OCH3 is 1. The van der Waals surface area contributed by atoms with Gasteiger partial charge < -0.3 is 29.0 Å². The van der Waals surface area contributed by atoms with E-state index in [9.17, 15) is 9.59 Å². The molecule has 0 fully saturated rings. The minimum atomic E-state index is -0.351. The molecule has 0 aromatic carbocycles. The molecule has 8 nitrogen and oxygen atoms in total. The maximum atomic E-state index is 11.4. The Morgan fingerprint density at radius 2 is 1.52 bits per heavy atom. The lowest BCUT2D eigenvalue weighted by Gasteiger charge is -2.08. The zero-order valence-electron chi connectivity index (χ0n) is 14.1. The summed E-state index contributed by atoms with van der Waals surface area (Å²) in [6.45, 7) is 4.89. The third-order valence-electron chi connectivity index (χ3n) is 2.67. The van der Waals surface area contributed by atoms with Crippen LogP contribution in [0.15, 0.2) is 0 Å². The second-order valence-electron chi connectivity index (χ2n) is 4.61. The average molecular weight is 335 g/mol. The summed E-state index contributed by atoms with van der Waals surface area (Å²) in [7, 11) is 1.31. The van der Waals surface area contributed by atoms with Crippen LogP contribution in [0.2, 0.25) is 0 Å². The van der Waals surface area contributed by atoms with E-state index in [0.29, 0.717) is 26.4 Å². The fourth-order valence-corrected chi connectivity index (χ4v) is 1.36. The zero-order chi connectivity index (χ0) is 17.2. The number of carbonyl (C=O) groups is 2. The van der Waals surface area contributed by atoms with E-state index in [1.54, 1.807) is 0 Å². The van der Waals surface area contributed by atoms with Gasteiger partial charge in [0.05, 0.1) is 46.6 Å². The van der Waals surface area contributed by atoms with E-state index in [2.05, 4.69) is 17.0 Å². The van der Waals surface area contributed by atoms with Crippen molar-refractivity contribution < 1.29 is 33.3 Å². The van der Waals surface area contributed by atoms with Crippen LogP contribution in [-0.2, 0) is 33.3 Å². The highest BCUT2D eigenvalue weighted by Gasteiger charge is 2.02. The maximum Gasteiger partial charge on any atom is 0.307 e. The monoisotopic (exact) mass is 335 g/mol. The largest absolute Gasteiger partial charge is 0.469 e. The average Bonchev–Trinajstić information content (AvgIpc) is 2.56. The van der Waals surface area contributed by atoms with E-state index in [1.807, 2.05) is 0 Å². The van der Waals surface area contributed by atoms with Gasteiger partial charge in [0.1, 0.15) is 13.3 Å². The normalized spacial score (nSPS) is 10.5. The van der Waals surface area contributed by atoms with Gasteiger partial charge in [-0.2, -0.15) is 0 Å². The number of carbonyl (C=O) groups excluding carboxylic acids is 2. The van der Waals surface area contributed by atoms with E-state index in [4.69, 9.17) is 18.9 Å². The first-order chi connectivity index (χ1) is 11.2. The van der Waals surface area contributed by atoms with Crippen molar-refractivity contribution >= 4 is 11.9 Å². The first-order valence-electron chi connectivity index (χ1n) is 7.85. The van der Waals surface area contributed by atoms with Crippen molar-refractivity contribution in [1.29, 1.82) is 0 Å². The molecule has 0 radical (unpaired) electrons. The van der Waals surface area contributed by atoms with Gasteiger partial charge in [0.2, 0.25) is 5.91 Å². The lowest BCUT2D eigenvalue weighted by molar-refractivity contribution is -0.141. The molecular weight excluding hydrogens is 306 g/mol. The minimum absolute atomic E-state index is 0.0325. The highest BCUT2D eigenvalue weighted by molar-refractivity contribution is 5.76. The molecule has 0 rings (SSSR count). The van der Waals surface area contributed by atoms with Crippen LogP contribution >= 0.6 is 0 Å². The van der Waals surface area contributed by atoms with Gasteiger partial charge in [-0.05, 0) is 6.42 Å². The van der Waals surface area contributed by atoms with Crippen molar-refractivity contribution in [2.75, 3.05) is 60.1 Å². The van der Waals surface area contributed by atoms with E-state index in [-0.39, 0.29) is 38.2 Å². The summed E-state index contributed by atoms with van der Waals surface area (Å²) in [5.74, 6) is -0.638. The first kappa shape index (κ1) is 21.8. The number of hydrogen-bond donors (Lipinski definition) is 1. The van der Waals surface area contributed by atoms with Gasteiger partial charge in [-0.25, -0.2) is 0 Å². The second-order valence-corrected chi connectivity index (χ2v) is 4.61. The first-order valence-corrected chi connectivity index (χ1v) is 7.85. The third-order valence-corrected chi connectivity index (χ3v) is 2.67.